The van der Waals surface area contributed by atoms with Crippen molar-refractivity contribution in [1.82, 2.24) is 20.4 Å². The summed E-state index contributed by atoms with van der Waals surface area (Å²) in [5, 5.41) is 8.46. The first-order valence-corrected chi connectivity index (χ1v) is 14.5. The number of hydrogen-bond acceptors (Lipinski definition) is 6. The third-order valence-corrected chi connectivity index (χ3v) is 8.03. The van der Waals surface area contributed by atoms with E-state index < -0.39 is 47.7 Å². The van der Waals surface area contributed by atoms with Gasteiger partial charge >= 0.3 is 6.18 Å². The maximum atomic E-state index is 15.1. The second-order valence-corrected chi connectivity index (χ2v) is 11.3. The van der Waals surface area contributed by atoms with E-state index in [4.69, 9.17) is 11.6 Å². The third-order valence-electron chi connectivity index (χ3n) is 7.79. The van der Waals surface area contributed by atoms with Gasteiger partial charge < -0.3 is 25.8 Å². The minimum Gasteiger partial charge on any atom is -0.367 e. The maximum absolute atomic E-state index is 15.1. The highest BCUT2D eigenvalue weighted by molar-refractivity contribution is 6.31. The van der Waals surface area contributed by atoms with Crippen molar-refractivity contribution < 1.29 is 36.3 Å². The minimum absolute atomic E-state index is 0.127. The fourth-order valence-electron chi connectivity index (χ4n) is 5.30. The van der Waals surface area contributed by atoms with Gasteiger partial charge in [0.25, 0.3) is 5.91 Å². The van der Waals surface area contributed by atoms with Crippen molar-refractivity contribution >= 4 is 40.7 Å². The molecule has 3 N–H and O–H groups in total. The number of amides is 3. The summed E-state index contributed by atoms with van der Waals surface area (Å²) in [4.78, 5) is 42.4. The standard InChI is InChI=1S/C29H34ClF5N6O3/c1-17-15-41(12-11-39(17)9-7-29(33,34)35)24-13-20(30)4-6-22(24)38-27(43)21-5-3-19(25(31)26(21)32)14-37-28(44)23-16-40(18(2)42)10-8-36-23/h3-6,13,17,23,36H,7-12,14-16H2,1-2H3,(H,37,44)(H,38,43)/t17-,23+/m1/s1. The number of nitrogens with one attached hydrogen (secondary N) is 3. The summed E-state index contributed by atoms with van der Waals surface area (Å²) in [5.74, 6) is -4.26. The lowest BCUT2D eigenvalue weighted by Crippen LogP contribution is -2.57. The number of benzene rings is 2. The number of halogens is 6. The Balaban J connectivity index is 1.41. The van der Waals surface area contributed by atoms with E-state index in [9.17, 15) is 31.9 Å². The first-order chi connectivity index (χ1) is 20.7. The van der Waals surface area contributed by atoms with Crippen molar-refractivity contribution in [3.8, 4) is 0 Å². The van der Waals surface area contributed by atoms with Crippen LogP contribution in [0.4, 0.5) is 33.3 Å². The lowest BCUT2D eigenvalue weighted by Gasteiger charge is -2.41. The molecule has 2 aromatic rings. The van der Waals surface area contributed by atoms with Gasteiger partial charge in [0.1, 0.15) is 6.04 Å². The van der Waals surface area contributed by atoms with Crippen molar-refractivity contribution in [3.63, 3.8) is 0 Å². The number of nitrogens with zero attached hydrogens (tertiary/aromatic N) is 3. The van der Waals surface area contributed by atoms with Gasteiger partial charge in [-0.3, -0.25) is 19.3 Å². The van der Waals surface area contributed by atoms with E-state index >= 15 is 4.39 Å². The van der Waals surface area contributed by atoms with Crippen LogP contribution in [0.1, 0.15) is 36.2 Å². The highest BCUT2D eigenvalue weighted by Gasteiger charge is 2.32. The van der Waals surface area contributed by atoms with Crippen molar-refractivity contribution in [2.24, 2.45) is 0 Å². The molecule has 15 heteroatoms. The Morgan fingerprint density at radius 2 is 1.80 bits per heavy atom. The van der Waals surface area contributed by atoms with Crippen LogP contribution in [0.3, 0.4) is 0 Å². The predicted octanol–water partition coefficient (Wildman–Crippen LogP) is 3.77. The number of carbonyl (C=O) groups excluding carboxylic acids is 3. The lowest BCUT2D eigenvalue weighted by atomic mass is 10.1. The molecule has 9 nitrogen and oxygen atoms in total. The van der Waals surface area contributed by atoms with Gasteiger partial charge in [-0.25, -0.2) is 8.78 Å². The summed E-state index contributed by atoms with van der Waals surface area (Å²) < 4.78 is 68.2. The van der Waals surface area contributed by atoms with Crippen LogP contribution in [0.15, 0.2) is 30.3 Å². The molecule has 0 unspecified atom stereocenters. The number of alkyl halides is 3. The molecular weight excluding hydrogens is 611 g/mol. The fraction of sp³-hybridized carbons (Fsp3) is 0.483. The van der Waals surface area contributed by atoms with E-state index in [1.165, 1.54) is 30.0 Å². The van der Waals surface area contributed by atoms with Crippen molar-refractivity contribution in [1.29, 1.82) is 0 Å². The zero-order valence-corrected chi connectivity index (χ0v) is 25.0. The Morgan fingerprint density at radius 3 is 2.48 bits per heavy atom. The van der Waals surface area contributed by atoms with Crippen LogP contribution >= 0.6 is 11.6 Å². The van der Waals surface area contributed by atoms with Gasteiger partial charge in [-0.2, -0.15) is 13.2 Å². The normalized spacial score (nSPS) is 19.5. The molecule has 2 fully saturated rings. The van der Waals surface area contributed by atoms with Gasteiger partial charge in [0.05, 0.1) is 23.4 Å². The van der Waals surface area contributed by atoms with Gasteiger partial charge in [0.15, 0.2) is 11.6 Å². The second-order valence-electron chi connectivity index (χ2n) is 10.9. The molecule has 4 rings (SSSR count). The Bertz CT molecular complexity index is 1390. The van der Waals surface area contributed by atoms with Gasteiger partial charge in [-0.15, -0.1) is 0 Å². The van der Waals surface area contributed by atoms with E-state index in [1.807, 2.05) is 4.90 Å². The molecule has 2 aliphatic heterocycles. The molecule has 0 radical (unpaired) electrons. The molecule has 0 bridgehead atoms. The molecule has 3 amide bonds. The quantitative estimate of drug-likeness (QED) is 0.379. The molecule has 2 saturated heterocycles. The summed E-state index contributed by atoms with van der Waals surface area (Å²) in [6, 6.07) is 6.01. The van der Waals surface area contributed by atoms with Gasteiger partial charge in [-0.1, -0.05) is 17.7 Å². The Kier molecular flexibility index (Phi) is 10.7. The molecule has 2 aliphatic rings. The molecule has 2 heterocycles. The van der Waals surface area contributed by atoms with Crippen molar-refractivity contribution in [2.75, 3.05) is 56.0 Å². The largest absolute Gasteiger partial charge is 0.390 e. The molecule has 2 atom stereocenters. The van der Waals surface area contributed by atoms with Crippen LogP contribution in [-0.2, 0) is 16.1 Å². The molecule has 0 aromatic heterocycles. The van der Waals surface area contributed by atoms with E-state index in [0.29, 0.717) is 43.4 Å². The first-order valence-electron chi connectivity index (χ1n) is 14.1. The van der Waals surface area contributed by atoms with Crippen LogP contribution in [0.25, 0.3) is 0 Å². The van der Waals surface area contributed by atoms with Gasteiger partial charge in [0.2, 0.25) is 11.8 Å². The van der Waals surface area contributed by atoms with Crippen LogP contribution in [-0.4, -0.2) is 91.6 Å². The van der Waals surface area contributed by atoms with E-state index in [-0.39, 0.29) is 42.8 Å². The van der Waals surface area contributed by atoms with Crippen molar-refractivity contribution in [3.05, 3.63) is 58.1 Å². The summed E-state index contributed by atoms with van der Waals surface area (Å²) in [5.41, 5.74) is 0.0326. The van der Waals surface area contributed by atoms with Gasteiger partial charge in [-0.05, 0) is 31.2 Å². The Hall–Kier alpha value is -3.49. The summed E-state index contributed by atoms with van der Waals surface area (Å²) in [6.45, 7) is 4.83. The van der Waals surface area contributed by atoms with Crippen molar-refractivity contribution in [2.45, 2.75) is 45.1 Å². The molecule has 240 valence electrons. The molecule has 0 spiro atoms. The molecule has 0 saturated carbocycles. The van der Waals surface area contributed by atoms with E-state index in [0.717, 1.165) is 6.07 Å². The van der Waals surface area contributed by atoms with Gasteiger partial charge in [0, 0.05) is 75.9 Å². The van der Waals surface area contributed by atoms with Crippen LogP contribution < -0.4 is 20.9 Å². The summed E-state index contributed by atoms with van der Waals surface area (Å²) in [6.07, 6.45) is -5.17. The number of anilines is 2. The summed E-state index contributed by atoms with van der Waals surface area (Å²) in [7, 11) is 0. The fourth-order valence-corrected chi connectivity index (χ4v) is 5.46. The number of rotatable bonds is 8. The highest BCUT2D eigenvalue weighted by Crippen LogP contribution is 2.32. The van der Waals surface area contributed by atoms with E-state index in [2.05, 4.69) is 16.0 Å². The summed E-state index contributed by atoms with van der Waals surface area (Å²) >= 11 is 6.20. The number of carbonyl (C=O) groups is 3. The molecule has 2 aromatic carbocycles. The lowest BCUT2D eigenvalue weighted by molar-refractivity contribution is -0.139. The number of piperazine rings is 2. The second kappa shape index (κ2) is 14.1. The highest BCUT2D eigenvalue weighted by atomic mass is 35.5. The topological polar surface area (TPSA) is 97.0 Å². The van der Waals surface area contributed by atoms with Crippen LogP contribution in [0, 0.1) is 11.6 Å². The monoisotopic (exact) mass is 644 g/mol. The zero-order chi connectivity index (χ0) is 32.2. The maximum Gasteiger partial charge on any atom is 0.390 e. The molecule has 0 aliphatic carbocycles. The van der Waals surface area contributed by atoms with E-state index in [1.54, 1.807) is 17.9 Å². The van der Waals surface area contributed by atoms with Crippen LogP contribution in [0.5, 0.6) is 0 Å². The zero-order valence-electron chi connectivity index (χ0n) is 24.2. The third kappa shape index (κ3) is 8.36. The molecule has 44 heavy (non-hydrogen) atoms. The smallest absolute Gasteiger partial charge is 0.367 e. The minimum atomic E-state index is -4.26. The Morgan fingerprint density at radius 1 is 1.05 bits per heavy atom. The first kappa shape index (κ1) is 33.4. The SMILES string of the molecule is CC(=O)N1CCN[C@H](C(=O)NCc2ccc(C(=O)Nc3ccc(Cl)cc3N3CCN(CCC(F)(F)F)[C@H](C)C3)c(F)c2F)C1. The average Bonchev–Trinajstić information content (AvgIpc) is 2.97. The average molecular weight is 645 g/mol. The Labute approximate surface area is 256 Å². The van der Waals surface area contributed by atoms with Crippen LogP contribution in [0.2, 0.25) is 5.02 Å². The predicted molar refractivity (Wildman–Crippen MR) is 156 cm³/mol. The number of hydrogen-bond donors (Lipinski definition) is 3. The molecular formula is C29H34ClF5N6O3.